The van der Waals surface area contributed by atoms with Crippen LogP contribution in [0.2, 0.25) is 0 Å². The van der Waals surface area contributed by atoms with Crippen molar-refractivity contribution in [1.29, 1.82) is 0 Å². The molecule has 0 bridgehead atoms. The van der Waals surface area contributed by atoms with Gasteiger partial charge in [0.1, 0.15) is 0 Å². The minimum atomic E-state index is -0.177. The normalized spacial score (nSPS) is 28.2. The highest BCUT2D eigenvalue weighted by atomic mass is 16.3. The van der Waals surface area contributed by atoms with Crippen molar-refractivity contribution in [3.05, 3.63) is 0 Å². The molecule has 0 aliphatic carbocycles. The van der Waals surface area contributed by atoms with Gasteiger partial charge in [0, 0.05) is 12.6 Å². The lowest BCUT2D eigenvalue weighted by molar-refractivity contribution is 0.106. The van der Waals surface area contributed by atoms with Crippen LogP contribution in [0.25, 0.3) is 0 Å². The molecule has 0 aromatic rings. The van der Waals surface area contributed by atoms with Gasteiger partial charge in [-0.05, 0) is 32.2 Å². The molecule has 2 heteroatoms. The van der Waals surface area contributed by atoms with E-state index < -0.39 is 0 Å². The van der Waals surface area contributed by atoms with E-state index in [0.29, 0.717) is 6.04 Å². The summed E-state index contributed by atoms with van der Waals surface area (Å²) in [6.45, 7) is 8.43. The van der Waals surface area contributed by atoms with Crippen LogP contribution in [0.5, 0.6) is 0 Å². The van der Waals surface area contributed by atoms with Gasteiger partial charge in [-0.1, -0.05) is 13.8 Å². The fourth-order valence-corrected chi connectivity index (χ4v) is 2.17. The van der Waals surface area contributed by atoms with Crippen LogP contribution in [0.1, 0.15) is 33.6 Å². The van der Waals surface area contributed by atoms with E-state index in [-0.39, 0.29) is 6.10 Å². The van der Waals surface area contributed by atoms with Crippen molar-refractivity contribution in [1.82, 2.24) is 4.90 Å². The van der Waals surface area contributed by atoms with Crippen molar-refractivity contribution in [3.8, 4) is 0 Å². The molecule has 1 aliphatic heterocycles. The third-order valence-corrected chi connectivity index (χ3v) is 2.68. The Labute approximate surface area is 75.6 Å². The van der Waals surface area contributed by atoms with E-state index in [1.54, 1.807) is 0 Å². The molecule has 1 fully saturated rings. The Balaban J connectivity index is 2.41. The largest absolute Gasteiger partial charge is 0.392 e. The average Bonchev–Trinajstić information content (AvgIpc) is 2.33. The minimum Gasteiger partial charge on any atom is -0.392 e. The zero-order valence-electron chi connectivity index (χ0n) is 8.45. The van der Waals surface area contributed by atoms with Gasteiger partial charge in [-0.15, -0.1) is 0 Å². The van der Waals surface area contributed by atoms with Crippen molar-refractivity contribution in [2.75, 3.05) is 13.1 Å². The molecule has 1 rings (SSSR count). The lowest BCUT2D eigenvalue weighted by Crippen LogP contribution is -2.38. The molecule has 0 amide bonds. The number of hydrogen-bond acceptors (Lipinski definition) is 2. The Morgan fingerprint density at radius 1 is 1.42 bits per heavy atom. The van der Waals surface area contributed by atoms with E-state index >= 15 is 0 Å². The van der Waals surface area contributed by atoms with Gasteiger partial charge in [0.15, 0.2) is 0 Å². The summed E-state index contributed by atoms with van der Waals surface area (Å²) in [5.41, 5.74) is 0. The van der Waals surface area contributed by atoms with Crippen LogP contribution in [-0.2, 0) is 0 Å². The molecule has 2 atom stereocenters. The van der Waals surface area contributed by atoms with Crippen molar-refractivity contribution < 1.29 is 5.11 Å². The maximum absolute atomic E-state index is 9.27. The number of likely N-dealkylation sites (tertiary alicyclic amines) is 1. The van der Waals surface area contributed by atoms with E-state index in [9.17, 15) is 5.11 Å². The van der Waals surface area contributed by atoms with Crippen LogP contribution in [0.15, 0.2) is 0 Å². The van der Waals surface area contributed by atoms with E-state index in [1.165, 1.54) is 19.4 Å². The highest BCUT2D eigenvalue weighted by molar-refractivity contribution is 4.82. The second-order valence-corrected chi connectivity index (χ2v) is 4.30. The lowest BCUT2D eigenvalue weighted by atomic mass is 10.0. The molecule has 0 spiro atoms. The molecule has 0 aromatic heterocycles. The van der Waals surface area contributed by atoms with Crippen LogP contribution in [0.3, 0.4) is 0 Å². The Morgan fingerprint density at radius 2 is 2.08 bits per heavy atom. The summed E-state index contributed by atoms with van der Waals surface area (Å²) in [6, 6.07) is 0.708. The van der Waals surface area contributed by atoms with Gasteiger partial charge >= 0.3 is 0 Å². The van der Waals surface area contributed by atoms with E-state index in [1.807, 2.05) is 6.92 Å². The number of hydrogen-bond donors (Lipinski definition) is 1. The maximum Gasteiger partial charge on any atom is 0.0639 e. The SMILES string of the molecule is CC(C)C1CCCN1C[C@@H](C)O. The van der Waals surface area contributed by atoms with Gasteiger partial charge in [0.2, 0.25) is 0 Å². The van der Waals surface area contributed by atoms with Gasteiger partial charge in [-0.25, -0.2) is 0 Å². The van der Waals surface area contributed by atoms with Crippen LogP contribution in [0.4, 0.5) is 0 Å². The topological polar surface area (TPSA) is 23.5 Å². The van der Waals surface area contributed by atoms with Gasteiger partial charge in [-0.2, -0.15) is 0 Å². The molecule has 72 valence electrons. The first kappa shape index (κ1) is 10.0. The fourth-order valence-electron chi connectivity index (χ4n) is 2.17. The van der Waals surface area contributed by atoms with E-state index in [2.05, 4.69) is 18.7 Å². The van der Waals surface area contributed by atoms with Crippen molar-refractivity contribution in [2.45, 2.75) is 45.8 Å². The smallest absolute Gasteiger partial charge is 0.0639 e. The van der Waals surface area contributed by atoms with Gasteiger partial charge in [0.05, 0.1) is 6.10 Å². The van der Waals surface area contributed by atoms with Gasteiger partial charge in [-0.3, -0.25) is 4.90 Å². The summed E-state index contributed by atoms with van der Waals surface area (Å²) in [5.74, 6) is 0.728. The van der Waals surface area contributed by atoms with E-state index in [4.69, 9.17) is 0 Å². The number of nitrogens with zero attached hydrogens (tertiary/aromatic N) is 1. The minimum absolute atomic E-state index is 0.177. The lowest BCUT2D eigenvalue weighted by Gasteiger charge is -2.28. The predicted molar refractivity (Wildman–Crippen MR) is 51.1 cm³/mol. The molecular weight excluding hydrogens is 150 g/mol. The molecule has 2 nitrogen and oxygen atoms in total. The summed E-state index contributed by atoms with van der Waals surface area (Å²) >= 11 is 0. The summed E-state index contributed by atoms with van der Waals surface area (Å²) in [4.78, 5) is 2.43. The first-order valence-corrected chi connectivity index (χ1v) is 5.03. The fraction of sp³-hybridized carbons (Fsp3) is 1.00. The molecule has 0 saturated carbocycles. The quantitative estimate of drug-likeness (QED) is 0.695. The Kier molecular flexibility index (Phi) is 3.53. The highest BCUT2D eigenvalue weighted by Gasteiger charge is 2.27. The highest BCUT2D eigenvalue weighted by Crippen LogP contribution is 2.23. The zero-order chi connectivity index (χ0) is 9.14. The number of rotatable bonds is 3. The van der Waals surface area contributed by atoms with Crippen molar-refractivity contribution in [3.63, 3.8) is 0 Å². The number of aliphatic hydroxyl groups excluding tert-OH is 1. The molecule has 1 unspecified atom stereocenters. The van der Waals surface area contributed by atoms with Crippen LogP contribution in [0, 0.1) is 5.92 Å². The maximum atomic E-state index is 9.27. The summed E-state index contributed by atoms with van der Waals surface area (Å²) in [6.07, 6.45) is 2.43. The Bertz CT molecular complexity index is 134. The number of β-amino-alcohol motifs (C(OH)–C–C–N with tert-alkyl or cyclic N) is 1. The summed E-state index contributed by atoms with van der Waals surface area (Å²) in [7, 11) is 0. The molecule has 1 aliphatic rings. The average molecular weight is 171 g/mol. The monoisotopic (exact) mass is 171 g/mol. The molecule has 12 heavy (non-hydrogen) atoms. The molecule has 0 radical (unpaired) electrons. The van der Waals surface area contributed by atoms with Crippen molar-refractivity contribution >= 4 is 0 Å². The second kappa shape index (κ2) is 4.24. The van der Waals surface area contributed by atoms with Crippen molar-refractivity contribution in [2.24, 2.45) is 5.92 Å². The Hall–Kier alpha value is -0.0800. The molecule has 0 aromatic carbocycles. The molecule has 1 saturated heterocycles. The number of aliphatic hydroxyl groups is 1. The Morgan fingerprint density at radius 3 is 2.58 bits per heavy atom. The van der Waals surface area contributed by atoms with E-state index in [0.717, 1.165) is 12.5 Å². The van der Waals surface area contributed by atoms with Crippen LogP contribution < -0.4 is 0 Å². The first-order valence-electron chi connectivity index (χ1n) is 5.03. The molecular formula is C10H21NO. The second-order valence-electron chi connectivity index (χ2n) is 4.30. The molecule has 1 heterocycles. The summed E-state index contributed by atoms with van der Waals surface area (Å²) in [5, 5.41) is 9.27. The predicted octanol–water partition coefficient (Wildman–Crippen LogP) is 1.49. The zero-order valence-corrected chi connectivity index (χ0v) is 8.45. The standard InChI is InChI=1S/C10H21NO/c1-8(2)10-5-4-6-11(10)7-9(3)12/h8-10,12H,4-7H2,1-3H3/t9-,10?/m1/s1. The van der Waals surface area contributed by atoms with Crippen LogP contribution in [-0.4, -0.2) is 35.2 Å². The third kappa shape index (κ3) is 2.46. The first-order chi connectivity index (χ1) is 5.61. The van der Waals surface area contributed by atoms with Crippen LogP contribution >= 0.6 is 0 Å². The van der Waals surface area contributed by atoms with Gasteiger partial charge < -0.3 is 5.11 Å². The molecule has 1 N–H and O–H groups in total. The summed E-state index contributed by atoms with van der Waals surface area (Å²) < 4.78 is 0. The van der Waals surface area contributed by atoms with Gasteiger partial charge in [0.25, 0.3) is 0 Å². The third-order valence-electron chi connectivity index (χ3n) is 2.68.